The zero-order valence-corrected chi connectivity index (χ0v) is 83.6. The van der Waals surface area contributed by atoms with Crippen molar-refractivity contribution in [1.29, 1.82) is 0 Å². The van der Waals surface area contributed by atoms with Crippen LogP contribution in [-0.4, -0.2) is 212 Å². The summed E-state index contributed by atoms with van der Waals surface area (Å²) in [6.07, 6.45) is 0. The van der Waals surface area contributed by atoms with E-state index in [0.717, 1.165) is 57.2 Å². The normalized spacial score (nSPS) is 13.2. The number of benzene rings is 6. The summed E-state index contributed by atoms with van der Waals surface area (Å²) in [6.45, 7) is 58.2. The molecule has 32 heteroatoms. The van der Waals surface area contributed by atoms with E-state index in [1.807, 2.05) is 290 Å². The van der Waals surface area contributed by atoms with Crippen LogP contribution in [0.2, 0.25) is 0 Å². The number of ether oxygens (including phenoxy) is 1. The monoisotopic (exact) mass is 1780 g/mol. The highest BCUT2D eigenvalue weighted by molar-refractivity contribution is 6.27. The van der Waals surface area contributed by atoms with Gasteiger partial charge in [-0.1, -0.05) is 244 Å². The number of tetrazole rings is 1. The first-order chi connectivity index (χ1) is 62.4. The van der Waals surface area contributed by atoms with Crippen LogP contribution < -0.4 is 15.3 Å². The summed E-state index contributed by atoms with van der Waals surface area (Å²) in [7, 11) is 13.6. The zero-order valence-electron chi connectivity index (χ0n) is 83.6. The van der Waals surface area contributed by atoms with E-state index in [2.05, 4.69) is 55.6 Å². The number of carbonyl (C=O) groups is 7. The first-order valence-electron chi connectivity index (χ1n) is 45.3. The standard InChI is InChI=1S/C14H15N3O.C13H13N3O2.2C12H12N4O2.C12H12N4O.C10H9N5O.12C2H6/c1-9-10(2)17-12-7-5-4-6-11(12)14(18)16(3)8-13(17)15-9;1-8-12(17)16-10-6-4-3-5-9(10)13(18)15(2)7-11(16)14-8;1-15-7-10-13-14-12(18-2)16(10)9-6-4-3-5-8(9)11(15)17;1-14-7-10-13-15(2)12(18)16(10)9-6-4-3-5-8(9)11(14)17;1-8-13-14-11-7-15(2)12(17)9-5-3-4-6-10(9)16(8)11;1-14-6-9-11-12-13-15(9)8-5-3-2-4-7(8)10(14)16;12*1-2/h4-7H,8H2,1-3H3;3-6,8H,7H2,1-2H3;2*3-6H,7H2,1-2H3;3-6H,7H2,1-2H3;2-5H,6H2,1H3;12*1-2H3. The Morgan fingerprint density at radius 2 is 0.636 bits per heavy atom. The van der Waals surface area contributed by atoms with E-state index in [9.17, 15) is 38.4 Å². The van der Waals surface area contributed by atoms with Crippen LogP contribution in [0.1, 0.15) is 282 Å². The number of imidazole rings is 1. The predicted octanol–water partition coefficient (Wildman–Crippen LogP) is 17.7. The molecular formula is C97H145N23O9. The van der Waals surface area contributed by atoms with E-state index in [4.69, 9.17) is 4.74 Å². The second-order valence-corrected chi connectivity index (χ2v) is 25.6. The maximum absolute atomic E-state index is 12.3. The summed E-state index contributed by atoms with van der Waals surface area (Å²) in [5.41, 5.74) is 10.1. The lowest BCUT2D eigenvalue weighted by molar-refractivity contribution is -0.117. The van der Waals surface area contributed by atoms with E-state index < -0.39 is 0 Å². The third-order valence-electron chi connectivity index (χ3n) is 18.5. The van der Waals surface area contributed by atoms with Crippen LogP contribution in [0.5, 0.6) is 6.01 Å². The van der Waals surface area contributed by atoms with Gasteiger partial charge in [0.25, 0.3) is 41.4 Å². The summed E-state index contributed by atoms with van der Waals surface area (Å²) in [6, 6.07) is 44.2. The molecule has 0 saturated heterocycles. The van der Waals surface area contributed by atoms with Gasteiger partial charge in [0.2, 0.25) is 0 Å². The molecule has 0 fully saturated rings. The maximum atomic E-state index is 12.3. The van der Waals surface area contributed by atoms with E-state index in [1.54, 1.807) is 147 Å². The summed E-state index contributed by atoms with van der Waals surface area (Å²) in [5, 5.41) is 31.8. The number of hydrogen-bond acceptors (Lipinski definition) is 19. The number of carbonyl (C=O) groups excluding carboxylic acids is 7. The van der Waals surface area contributed by atoms with Gasteiger partial charge in [-0.25, -0.2) is 23.6 Å². The number of anilines is 1. The Kier molecular flexibility index (Phi) is 51.1. The minimum Gasteiger partial charge on any atom is -0.467 e. The molecule has 12 heterocycles. The molecule has 7 aliphatic rings. The van der Waals surface area contributed by atoms with E-state index in [1.165, 1.54) is 16.4 Å². The van der Waals surface area contributed by atoms with Crippen molar-refractivity contribution >= 4 is 52.9 Å². The Bertz CT molecular complexity index is 5420. The van der Waals surface area contributed by atoms with Gasteiger partial charge < -0.3 is 34.1 Å². The van der Waals surface area contributed by atoms with Crippen LogP contribution in [0.15, 0.2) is 155 Å². The van der Waals surface area contributed by atoms with E-state index >= 15 is 0 Å². The minimum atomic E-state index is -0.366. The fraction of sp³-hybridized carbons (Fsp3) is 0.443. The van der Waals surface area contributed by atoms with Gasteiger partial charge in [-0.3, -0.25) is 52.6 Å². The topological polar surface area (TPSA) is 326 Å². The second-order valence-electron chi connectivity index (χ2n) is 25.6. The Morgan fingerprint density at radius 3 is 1.05 bits per heavy atom. The first-order valence-corrected chi connectivity index (χ1v) is 45.3. The molecule has 702 valence electrons. The molecular weight excluding hydrogens is 1630 g/mol. The minimum absolute atomic E-state index is 0.0190. The molecule has 1 unspecified atom stereocenters. The number of hydrogen-bond donors (Lipinski definition) is 0. The first kappa shape index (κ1) is 114. The highest BCUT2D eigenvalue weighted by atomic mass is 16.5. The van der Waals surface area contributed by atoms with Gasteiger partial charge in [-0.15, -0.1) is 20.4 Å². The van der Waals surface area contributed by atoms with Crippen LogP contribution in [0.4, 0.5) is 5.69 Å². The van der Waals surface area contributed by atoms with Gasteiger partial charge in [-0.05, 0) is 111 Å². The number of nitrogens with zero attached hydrogens (tertiary/aromatic N) is 23. The van der Waals surface area contributed by atoms with Crippen molar-refractivity contribution in [2.24, 2.45) is 12.0 Å². The van der Waals surface area contributed by atoms with Crippen molar-refractivity contribution in [1.82, 2.24) is 103 Å². The number of likely N-dealkylation sites (N-methyl/N-ethyl adjacent to an activating group) is 1. The van der Waals surface area contributed by atoms with Crippen molar-refractivity contribution < 1.29 is 38.3 Å². The second kappa shape index (κ2) is 58.0. The molecule has 0 aliphatic carbocycles. The number of aliphatic imine (C=N–C) groups is 1. The maximum Gasteiger partial charge on any atom is 0.350 e. The Hall–Kier alpha value is -13.4. The molecule has 6 aromatic carbocycles. The molecule has 0 N–H and O–H groups in total. The molecule has 18 rings (SSSR count). The number of aryl methyl sites for hydroxylation is 3. The highest BCUT2D eigenvalue weighted by Gasteiger charge is 2.39. The quantitative estimate of drug-likeness (QED) is 0.147. The molecule has 5 aromatic heterocycles. The average Bonchev–Trinajstić information content (AvgIpc) is 1.63. The number of fused-ring (bicyclic) bond motifs is 18. The van der Waals surface area contributed by atoms with Crippen LogP contribution in [0.3, 0.4) is 0 Å². The summed E-state index contributed by atoms with van der Waals surface area (Å²) in [4.78, 5) is 118. The SMILES string of the molecule is CC.CC.CC.CC.CC.CC.CC.CC.CC.CC.CC.CC.CC1N=C2CN(C)C(=O)c3ccccc3N2C1=O.CN1Cc2nn(C)c(=O)n2-c2ccccc2C1=O.CN1Cc2nnnn2-c2ccccc2C1=O.COc1nnc2n1-c1ccccc1C(=O)N(C)C2.Cc1nc2n(c1C)-c1ccccc1C(=O)N(C)C2.Cc1nnc2n1-c1ccccc1C(=O)N(C)C2. The molecule has 0 bridgehead atoms. The molecule has 7 aliphatic heterocycles. The number of methoxy groups -OCH3 is 1. The predicted molar refractivity (Wildman–Crippen MR) is 518 cm³/mol. The molecule has 11 aromatic rings. The van der Waals surface area contributed by atoms with E-state index in [0.29, 0.717) is 108 Å². The molecule has 1 atom stereocenters. The van der Waals surface area contributed by atoms with Crippen LogP contribution in [-0.2, 0) is 44.6 Å². The number of amides is 7. The molecule has 0 saturated carbocycles. The fourth-order valence-corrected chi connectivity index (χ4v) is 13.1. The van der Waals surface area contributed by atoms with Crippen molar-refractivity contribution in [3.8, 4) is 34.4 Å². The molecule has 0 spiro atoms. The van der Waals surface area contributed by atoms with Crippen LogP contribution in [0, 0.1) is 20.8 Å². The Labute approximate surface area is 766 Å². The smallest absolute Gasteiger partial charge is 0.350 e. The number of para-hydroxylation sites is 6. The lowest BCUT2D eigenvalue weighted by Crippen LogP contribution is -2.38. The Morgan fingerprint density at radius 1 is 0.326 bits per heavy atom. The van der Waals surface area contributed by atoms with Gasteiger partial charge in [0, 0.05) is 55.0 Å². The Balaban J connectivity index is 0.000000738. The lowest BCUT2D eigenvalue weighted by Gasteiger charge is -2.17. The van der Waals surface area contributed by atoms with Gasteiger partial charge in [0.1, 0.15) is 23.5 Å². The number of amidine groups is 1. The summed E-state index contributed by atoms with van der Waals surface area (Å²) < 4.78 is 15.4. The third kappa shape index (κ3) is 26.4. The van der Waals surface area contributed by atoms with Crippen molar-refractivity contribution in [3.63, 3.8) is 0 Å². The summed E-state index contributed by atoms with van der Waals surface area (Å²) in [5.74, 6) is 4.86. The van der Waals surface area contributed by atoms with Crippen molar-refractivity contribution in [2.75, 3.05) is 60.8 Å². The molecule has 129 heavy (non-hydrogen) atoms. The van der Waals surface area contributed by atoms with Gasteiger partial charge in [0.15, 0.2) is 23.3 Å². The molecule has 32 nitrogen and oxygen atoms in total. The van der Waals surface area contributed by atoms with E-state index in [-0.39, 0.29) is 53.1 Å². The molecule has 0 radical (unpaired) electrons. The van der Waals surface area contributed by atoms with Crippen LogP contribution >= 0.6 is 0 Å². The average molecular weight is 1780 g/mol. The van der Waals surface area contributed by atoms with Gasteiger partial charge in [0.05, 0.1) is 120 Å². The zero-order chi connectivity index (χ0) is 98.4. The lowest BCUT2D eigenvalue weighted by atomic mass is 10.1. The largest absolute Gasteiger partial charge is 0.467 e. The summed E-state index contributed by atoms with van der Waals surface area (Å²) >= 11 is 0. The van der Waals surface area contributed by atoms with Crippen molar-refractivity contribution in [2.45, 2.75) is 233 Å². The van der Waals surface area contributed by atoms with Crippen LogP contribution in [0.25, 0.3) is 28.4 Å². The number of aromatic nitrogens is 15. The third-order valence-corrected chi connectivity index (χ3v) is 18.5. The number of rotatable bonds is 1. The van der Waals surface area contributed by atoms with Gasteiger partial charge >= 0.3 is 11.7 Å². The highest BCUT2D eigenvalue weighted by Crippen LogP contribution is 2.33. The van der Waals surface area contributed by atoms with Gasteiger partial charge in [-0.2, -0.15) is 9.78 Å². The fourth-order valence-electron chi connectivity index (χ4n) is 13.1. The molecule has 7 amide bonds. The van der Waals surface area contributed by atoms with Crippen molar-refractivity contribution in [3.05, 3.63) is 236 Å².